The lowest BCUT2D eigenvalue weighted by molar-refractivity contribution is -0.115. The van der Waals surface area contributed by atoms with E-state index < -0.39 is 5.92 Å². The van der Waals surface area contributed by atoms with Crippen LogP contribution in [0.1, 0.15) is 43.6 Å². The van der Waals surface area contributed by atoms with Crippen molar-refractivity contribution in [2.45, 2.75) is 12.8 Å². The van der Waals surface area contributed by atoms with E-state index in [4.69, 9.17) is 4.74 Å². The maximum Gasteiger partial charge on any atom is 0.273 e. The number of ether oxygens (including phenoxy) is 1. The van der Waals surface area contributed by atoms with E-state index in [2.05, 4.69) is 30.9 Å². The number of ketones is 1. The van der Waals surface area contributed by atoms with Crippen LogP contribution in [0.15, 0.2) is 77.8 Å². The number of nitrogens with one attached hydrogen (secondary N) is 3. The number of fused-ring (bicyclic) bond motifs is 1. The number of carbonyl (C=O) groups excluding carboxylic acids is 3. The molecule has 230 valence electrons. The first-order valence-corrected chi connectivity index (χ1v) is 14.9. The normalized spacial score (nSPS) is 16.4. The molecule has 0 bridgehead atoms. The summed E-state index contributed by atoms with van der Waals surface area (Å²) < 4.78 is 6.91. The molecule has 2 aliphatic heterocycles. The standard InChI is InChI=1S/C34H35N7O4/c1-22-18-31(40(2)39-22)34(44)37-27-5-3-4-23(19-27)32(42)24-6-11-28-29(33(43)38-30(28)20-24)21-36-26-9-7-25(8-10-26)35-12-13-41-14-16-45-17-15-41/h3-11,18-21,29,35H,12-17H2,1-2H3,(H,37,44)(H,38,43). The third kappa shape index (κ3) is 7.00. The molecule has 1 unspecified atom stereocenters. The molecule has 6 rings (SSSR count). The van der Waals surface area contributed by atoms with E-state index in [1.807, 2.05) is 31.2 Å². The van der Waals surface area contributed by atoms with E-state index in [9.17, 15) is 14.4 Å². The van der Waals surface area contributed by atoms with Crippen LogP contribution in [-0.4, -0.2) is 77.9 Å². The van der Waals surface area contributed by atoms with Crippen molar-refractivity contribution < 1.29 is 19.1 Å². The quantitative estimate of drug-likeness (QED) is 0.181. The predicted octanol–water partition coefficient (Wildman–Crippen LogP) is 4.39. The Hall–Kier alpha value is -5.13. The lowest BCUT2D eigenvalue weighted by Gasteiger charge is -2.26. The summed E-state index contributed by atoms with van der Waals surface area (Å²) in [4.78, 5) is 45.9. The van der Waals surface area contributed by atoms with E-state index in [-0.39, 0.29) is 17.6 Å². The van der Waals surface area contributed by atoms with Gasteiger partial charge in [0, 0.05) is 67.6 Å². The Bertz CT molecular complexity index is 1760. The molecule has 0 spiro atoms. The summed E-state index contributed by atoms with van der Waals surface area (Å²) in [7, 11) is 1.70. The molecule has 2 amide bonds. The van der Waals surface area contributed by atoms with Crippen LogP contribution in [0.25, 0.3) is 0 Å². The minimum atomic E-state index is -0.565. The van der Waals surface area contributed by atoms with Gasteiger partial charge >= 0.3 is 0 Å². The first kappa shape index (κ1) is 29.9. The highest BCUT2D eigenvalue weighted by Crippen LogP contribution is 2.33. The number of benzene rings is 3. The Morgan fingerprint density at radius 2 is 1.80 bits per heavy atom. The number of carbonyl (C=O) groups is 3. The van der Waals surface area contributed by atoms with Crippen LogP contribution in [0.4, 0.5) is 22.7 Å². The number of amides is 2. The van der Waals surface area contributed by atoms with E-state index in [1.165, 1.54) is 4.68 Å². The molecule has 1 fully saturated rings. The lowest BCUT2D eigenvalue weighted by Crippen LogP contribution is -2.38. The number of aliphatic imine (C=N–C) groups is 1. The molecule has 0 radical (unpaired) electrons. The molecular weight excluding hydrogens is 570 g/mol. The van der Waals surface area contributed by atoms with Crippen molar-refractivity contribution in [2.24, 2.45) is 12.0 Å². The van der Waals surface area contributed by atoms with Gasteiger partial charge in [-0.2, -0.15) is 5.10 Å². The van der Waals surface area contributed by atoms with Gasteiger partial charge in [-0.05, 0) is 61.0 Å². The first-order chi connectivity index (χ1) is 21.8. The highest BCUT2D eigenvalue weighted by Gasteiger charge is 2.30. The second kappa shape index (κ2) is 13.2. The number of hydrogen-bond acceptors (Lipinski definition) is 8. The van der Waals surface area contributed by atoms with Gasteiger partial charge in [-0.25, -0.2) is 0 Å². The maximum atomic E-state index is 13.4. The van der Waals surface area contributed by atoms with Crippen molar-refractivity contribution in [3.63, 3.8) is 0 Å². The van der Waals surface area contributed by atoms with Crippen LogP contribution >= 0.6 is 0 Å². The van der Waals surface area contributed by atoms with Gasteiger partial charge in [0.25, 0.3) is 5.91 Å². The van der Waals surface area contributed by atoms with E-state index >= 15 is 0 Å². The van der Waals surface area contributed by atoms with Gasteiger partial charge in [-0.1, -0.05) is 24.3 Å². The van der Waals surface area contributed by atoms with E-state index in [1.54, 1.807) is 61.8 Å². The second-order valence-corrected chi connectivity index (χ2v) is 11.1. The van der Waals surface area contributed by atoms with Crippen LogP contribution in [0.5, 0.6) is 0 Å². The van der Waals surface area contributed by atoms with Crippen molar-refractivity contribution in [2.75, 3.05) is 55.3 Å². The molecule has 1 atom stereocenters. The highest BCUT2D eigenvalue weighted by molar-refractivity contribution is 6.15. The van der Waals surface area contributed by atoms with Gasteiger partial charge < -0.3 is 20.7 Å². The van der Waals surface area contributed by atoms with Crippen LogP contribution in [-0.2, 0) is 16.6 Å². The number of rotatable bonds is 10. The molecule has 11 nitrogen and oxygen atoms in total. The fourth-order valence-electron chi connectivity index (χ4n) is 5.51. The Labute approximate surface area is 261 Å². The first-order valence-electron chi connectivity index (χ1n) is 14.9. The summed E-state index contributed by atoms with van der Waals surface area (Å²) in [6, 6.07) is 21.4. The molecule has 3 N–H and O–H groups in total. The van der Waals surface area contributed by atoms with Gasteiger partial charge in [0.1, 0.15) is 11.6 Å². The summed E-state index contributed by atoms with van der Waals surface area (Å²) in [5.41, 5.74) is 5.58. The third-order valence-electron chi connectivity index (χ3n) is 7.91. The van der Waals surface area contributed by atoms with Crippen LogP contribution in [0.2, 0.25) is 0 Å². The van der Waals surface area contributed by atoms with Crippen LogP contribution in [0, 0.1) is 6.92 Å². The smallest absolute Gasteiger partial charge is 0.273 e. The molecule has 0 saturated carbocycles. The van der Waals surface area contributed by atoms with Crippen LogP contribution < -0.4 is 16.0 Å². The predicted molar refractivity (Wildman–Crippen MR) is 174 cm³/mol. The van der Waals surface area contributed by atoms with Gasteiger partial charge in [0.2, 0.25) is 5.91 Å². The summed E-state index contributed by atoms with van der Waals surface area (Å²) in [5, 5.41) is 13.4. The molecule has 1 aromatic heterocycles. The number of aryl methyl sites for hydroxylation is 2. The zero-order valence-corrected chi connectivity index (χ0v) is 25.2. The second-order valence-electron chi connectivity index (χ2n) is 11.1. The fraction of sp³-hybridized carbons (Fsp3) is 0.265. The molecule has 45 heavy (non-hydrogen) atoms. The van der Waals surface area contributed by atoms with Gasteiger partial charge in [0.05, 0.1) is 24.6 Å². The lowest BCUT2D eigenvalue weighted by atomic mass is 9.97. The van der Waals surface area contributed by atoms with Crippen molar-refractivity contribution in [1.29, 1.82) is 0 Å². The monoisotopic (exact) mass is 605 g/mol. The van der Waals surface area contributed by atoms with Gasteiger partial charge in [-0.3, -0.25) is 29.0 Å². The van der Waals surface area contributed by atoms with Crippen molar-refractivity contribution in [3.8, 4) is 0 Å². The Morgan fingerprint density at radius 1 is 1.02 bits per heavy atom. The van der Waals surface area contributed by atoms with Crippen molar-refractivity contribution in [1.82, 2.24) is 14.7 Å². The van der Waals surface area contributed by atoms with Crippen LogP contribution in [0.3, 0.4) is 0 Å². The number of nitrogens with zero attached hydrogens (tertiary/aromatic N) is 4. The molecule has 4 aromatic rings. The molecule has 2 aliphatic rings. The molecule has 1 saturated heterocycles. The Kier molecular flexibility index (Phi) is 8.81. The largest absolute Gasteiger partial charge is 0.384 e. The maximum absolute atomic E-state index is 13.4. The molecule has 0 aliphatic carbocycles. The minimum Gasteiger partial charge on any atom is -0.384 e. The Morgan fingerprint density at radius 3 is 2.56 bits per heavy atom. The topological polar surface area (TPSA) is 130 Å². The number of anilines is 3. The minimum absolute atomic E-state index is 0.199. The fourth-order valence-corrected chi connectivity index (χ4v) is 5.51. The third-order valence-corrected chi connectivity index (χ3v) is 7.91. The summed E-state index contributed by atoms with van der Waals surface area (Å²) in [5.74, 6) is -1.31. The average Bonchev–Trinajstić information content (AvgIpc) is 3.56. The summed E-state index contributed by atoms with van der Waals surface area (Å²) in [6.07, 6.45) is 1.64. The average molecular weight is 606 g/mol. The van der Waals surface area contributed by atoms with Crippen molar-refractivity contribution in [3.05, 3.63) is 101 Å². The summed E-state index contributed by atoms with van der Waals surface area (Å²) >= 11 is 0. The zero-order valence-electron chi connectivity index (χ0n) is 25.2. The molecule has 3 aromatic carbocycles. The highest BCUT2D eigenvalue weighted by atomic mass is 16.5. The summed E-state index contributed by atoms with van der Waals surface area (Å²) in [6.45, 7) is 7.14. The van der Waals surface area contributed by atoms with Crippen molar-refractivity contribution >= 4 is 46.6 Å². The zero-order chi connectivity index (χ0) is 31.3. The Balaban J connectivity index is 1.08. The van der Waals surface area contributed by atoms with E-state index in [0.29, 0.717) is 28.2 Å². The molecule has 11 heteroatoms. The SMILES string of the molecule is Cc1cc(C(=O)Nc2cccc(C(=O)c3ccc4c(c3)NC(=O)C4C=Nc3ccc(NCCN4CCOCC4)cc3)c2)n(C)n1. The van der Waals surface area contributed by atoms with Gasteiger partial charge in [-0.15, -0.1) is 0 Å². The van der Waals surface area contributed by atoms with Gasteiger partial charge in [0.15, 0.2) is 5.78 Å². The molecule has 3 heterocycles. The number of hydrogen-bond donors (Lipinski definition) is 3. The number of aromatic nitrogens is 2. The van der Waals surface area contributed by atoms with E-state index in [0.717, 1.165) is 62.0 Å². The molecular formula is C34H35N7O4. The number of morpholine rings is 1.